The van der Waals surface area contributed by atoms with Gasteiger partial charge in [0.1, 0.15) is 6.54 Å². The maximum atomic E-state index is 11.4. The Morgan fingerprint density at radius 2 is 1.61 bits per heavy atom. The highest BCUT2D eigenvalue weighted by Gasteiger charge is 2.06. The third-order valence-electron chi connectivity index (χ3n) is 3.05. The summed E-state index contributed by atoms with van der Waals surface area (Å²) in [5, 5.41) is 5.10. The number of hydrogen-bond donors (Lipinski definition) is 2. The van der Waals surface area contributed by atoms with Crippen LogP contribution in [0.25, 0.3) is 0 Å². The molecule has 0 bridgehead atoms. The summed E-state index contributed by atoms with van der Waals surface area (Å²) in [6, 6.07) is -0.388. The first-order chi connectivity index (χ1) is 11.1. The number of unbranched alkanes of at least 4 members (excludes halogenated alkanes) is 4. The Labute approximate surface area is 138 Å². The predicted octanol–water partition coefficient (Wildman–Crippen LogP) is 2.14. The van der Waals surface area contributed by atoms with Gasteiger partial charge in [-0.25, -0.2) is 4.79 Å². The van der Waals surface area contributed by atoms with E-state index in [0.717, 1.165) is 38.5 Å². The van der Waals surface area contributed by atoms with Gasteiger partial charge in [0.15, 0.2) is 0 Å². The van der Waals surface area contributed by atoms with Crippen LogP contribution in [0.5, 0.6) is 0 Å². The van der Waals surface area contributed by atoms with Gasteiger partial charge in [-0.15, -0.1) is 0 Å². The average Bonchev–Trinajstić information content (AvgIpc) is 2.53. The molecule has 0 aromatic rings. The van der Waals surface area contributed by atoms with E-state index in [2.05, 4.69) is 17.6 Å². The molecule has 0 heterocycles. The number of rotatable bonds is 13. The summed E-state index contributed by atoms with van der Waals surface area (Å²) < 4.78 is 9.79. The molecule has 0 unspecified atom stereocenters. The van der Waals surface area contributed by atoms with Crippen LogP contribution in [0.2, 0.25) is 0 Å². The normalized spacial score (nSPS) is 10.0. The molecule has 0 radical (unpaired) electrons. The number of ether oxygens (including phenoxy) is 2. The highest BCUT2D eigenvalue weighted by Crippen LogP contribution is 2.00. The van der Waals surface area contributed by atoms with Gasteiger partial charge in [-0.1, -0.05) is 26.2 Å². The van der Waals surface area contributed by atoms with Crippen molar-refractivity contribution in [2.24, 2.45) is 0 Å². The zero-order chi connectivity index (χ0) is 17.3. The van der Waals surface area contributed by atoms with Gasteiger partial charge in [-0.05, 0) is 26.2 Å². The van der Waals surface area contributed by atoms with E-state index >= 15 is 0 Å². The minimum atomic E-state index is -0.425. The number of hydrogen-bond acceptors (Lipinski definition) is 5. The molecule has 0 saturated heterocycles. The molecule has 0 aliphatic heterocycles. The van der Waals surface area contributed by atoms with Gasteiger partial charge in [0.05, 0.1) is 13.2 Å². The first kappa shape index (κ1) is 21.2. The van der Waals surface area contributed by atoms with Crippen molar-refractivity contribution in [3.05, 3.63) is 0 Å². The van der Waals surface area contributed by atoms with Crippen LogP contribution in [0.15, 0.2) is 0 Å². The minimum absolute atomic E-state index is 0.124. The third kappa shape index (κ3) is 14.9. The van der Waals surface area contributed by atoms with Crippen molar-refractivity contribution < 1.29 is 23.9 Å². The standard InChI is InChI=1S/C16H30N2O5/c1-3-5-9-12-23-15(20)13-18-16(21)17-11-8-6-7-10-14(19)22-4-2/h3-13H2,1-2H3,(H2,17,18,21). The van der Waals surface area contributed by atoms with Crippen molar-refractivity contribution in [2.45, 2.75) is 58.8 Å². The lowest BCUT2D eigenvalue weighted by molar-refractivity contribution is -0.143. The molecule has 0 saturated carbocycles. The monoisotopic (exact) mass is 330 g/mol. The van der Waals surface area contributed by atoms with Gasteiger partial charge in [-0.2, -0.15) is 0 Å². The Balaban J connectivity index is 3.43. The van der Waals surface area contributed by atoms with Crippen LogP contribution in [-0.2, 0) is 19.1 Å². The molecule has 0 rings (SSSR count). The van der Waals surface area contributed by atoms with Crippen LogP contribution >= 0.6 is 0 Å². The predicted molar refractivity (Wildman–Crippen MR) is 87.0 cm³/mol. The Morgan fingerprint density at radius 3 is 2.30 bits per heavy atom. The quantitative estimate of drug-likeness (QED) is 0.398. The first-order valence-corrected chi connectivity index (χ1v) is 8.43. The highest BCUT2D eigenvalue weighted by molar-refractivity contribution is 5.80. The summed E-state index contributed by atoms with van der Waals surface area (Å²) in [5.74, 6) is -0.610. The lowest BCUT2D eigenvalue weighted by atomic mass is 10.2. The van der Waals surface area contributed by atoms with E-state index in [0.29, 0.717) is 26.2 Å². The number of esters is 2. The molecule has 0 aromatic heterocycles. The second-order valence-corrected chi connectivity index (χ2v) is 5.15. The van der Waals surface area contributed by atoms with Crippen LogP contribution in [0.3, 0.4) is 0 Å². The van der Waals surface area contributed by atoms with Gasteiger partial charge in [-0.3, -0.25) is 9.59 Å². The third-order valence-corrected chi connectivity index (χ3v) is 3.05. The fourth-order valence-corrected chi connectivity index (χ4v) is 1.81. The molecule has 0 spiro atoms. The number of carbonyl (C=O) groups is 3. The first-order valence-electron chi connectivity index (χ1n) is 8.43. The van der Waals surface area contributed by atoms with Crippen LogP contribution in [0.4, 0.5) is 4.79 Å². The topological polar surface area (TPSA) is 93.7 Å². The molecular formula is C16H30N2O5. The average molecular weight is 330 g/mol. The van der Waals surface area contributed by atoms with Crippen LogP contribution in [0.1, 0.15) is 58.8 Å². The van der Waals surface area contributed by atoms with Crippen molar-refractivity contribution in [1.82, 2.24) is 10.6 Å². The molecule has 7 heteroatoms. The maximum absolute atomic E-state index is 11.4. The Bertz CT molecular complexity index is 347. The van der Waals surface area contributed by atoms with E-state index < -0.39 is 5.97 Å². The minimum Gasteiger partial charge on any atom is -0.466 e. The lowest BCUT2D eigenvalue weighted by Crippen LogP contribution is -2.39. The van der Waals surface area contributed by atoms with E-state index in [-0.39, 0.29) is 18.5 Å². The molecule has 2 N–H and O–H groups in total. The zero-order valence-corrected chi connectivity index (χ0v) is 14.3. The van der Waals surface area contributed by atoms with E-state index in [1.54, 1.807) is 6.92 Å². The van der Waals surface area contributed by atoms with Crippen molar-refractivity contribution >= 4 is 18.0 Å². The fraction of sp³-hybridized carbons (Fsp3) is 0.812. The van der Waals surface area contributed by atoms with Crippen molar-refractivity contribution in [3.63, 3.8) is 0 Å². The van der Waals surface area contributed by atoms with Crippen molar-refractivity contribution in [1.29, 1.82) is 0 Å². The van der Waals surface area contributed by atoms with E-state index in [1.807, 2.05) is 0 Å². The fourth-order valence-electron chi connectivity index (χ4n) is 1.81. The van der Waals surface area contributed by atoms with Crippen LogP contribution < -0.4 is 10.6 Å². The maximum Gasteiger partial charge on any atom is 0.325 e. The summed E-state index contributed by atoms with van der Waals surface area (Å²) in [4.78, 5) is 33.9. The van der Waals surface area contributed by atoms with E-state index in [4.69, 9.17) is 9.47 Å². The summed E-state index contributed by atoms with van der Waals surface area (Å²) in [6.07, 6.45) is 5.69. The van der Waals surface area contributed by atoms with E-state index in [9.17, 15) is 14.4 Å². The molecule has 0 aliphatic rings. The van der Waals surface area contributed by atoms with Gasteiger partial charge in [0.25, 0.3) is 0 Å². The van der Waals surface area contributed by atoms with Gasteiger partial charge in [0, 0.05) is 13.0 Å². The summed E-state index contributed by atoms with van der Waals surface area (Å²) in [6.45, 7) is 5.03. The zero-order valence-electron chi connectivity index (χ0n) is 14.3. The van der Waals surface area contributed by atoms with Crippen molar-refractivity contribution in [2.75, 3.05) is 26.3 Å². The SMILES string of the molecule is CCCCCOC(=O)CNC(=O)NCCCCCC(=O)OCC. The summed E-state index contributed by atoms with van der Waals surface area (Å²) in [7, 11) is 0. The molecule has 2 amide bonds. The summed E-state index contributed by atoms with van der Waals surface area (Å²) >= 11 is 0. The molecule has 134 valence electrons. The van der Waals surface area contributed by atoms with Gasteiger partial charge >= 0.3 is 18.0 Å². The van der Waals surface area contributed by atoms with Crippen molar-refractivity contribution in [3.8, 4) is 0 Å². The van der Waals surface area contributed by atoms with Crippen LogP contribution in [0, 0.1) is 0 Å². The Morgan fingerprint density at radius 1 is 0.826 bits per heavy atom. The molecular weight excluding hydrogens is 300 g/mol. The van der Waals surface area contributed by atoms with Crippen LogP contribution in [-0.4, -0.2) is 44.3 Å². The number of urea groups is 1. The molecule has 7 nitrogen and oxygen atoms in total. The number of nitrogens with one attached hydrogen (secondary N) is 2. The Hall–Kier alpha value is -1.79. The molecule has 0 aliphatic carbocycles. The van der Waals surface area contributed by atoms with Gasteiger partial charge in [0.2, 0.25) is 0 Å². The smallest absolute Gasteiger partial charge is 0.325 e. The molecule has 0 atom stereocenters. The largest absolute Gasteiger partial charge is 0.466 e. The second-order valence-electron chi connectivity index (χ2n) is 5.15. The number of carbonyl (C=O) groups excluding carboxylic acids is 3. The van der Waals surface area contributed by atoms with Gasteiger partial charge < -0.3 is 20.1 Å². The molecule has 0 aromatic carbocycles. The van der Waals surface area contributed by atoms with E-state index in [1.165, 1.54) is 0 Å². The summed E-state index contributed by atoms with van der Waals surface area (Å²) in [5.41, 5.74) is 0. The highest BCUT2D eigenvalue weighted by atomic mass is 16.5. The Kier molecular flexibility index (Phi) is 13.9. The number of amides is 2. The molecule has 0 fully saturated rings. The lowest BCUT2D eigenvalue weighted by Gasteiger charge is -2.08. The molecule has 23 heavy (non-hydrogen) atoms. The second kappa shape index (κ2) is 15.1.